The summed E-state index contributed by atoms with van der Waals surface area (Å²) in [7, 11) is 0. The number of hydrogen-bond donors (Lipinski definition) is 1. The molecule has 0 unspecified atom stereocenters. The SMILES string of the molecule is S=c1nc2n([nH]1)CCC2. The second-order valence-corrected chi connectivity index (χ2v) is 2.59. The third kappa shape index (κ3) is 0.702. The van der Waals surface area contributed by atoms with Crippen molar-refractivity contribution in [3.05, 3.63) is 10.6 Å². The Morgan fingerprint density at radius 1 is 1.67 bits per heavy atom. The van der Waals surface area contributed by atoms with Crippen LogP contribution in [0.15, 0.2) is 0 Å². The van der Waals surface area contributed by atoms with Crippen LogP contribution in [0.1, 0.15) is 12.2 Å². The lowest BCUT2D eigenvalue weighted by Gasteiger charge is -1.88. The monoisotopic (exact) mass is 141 g/mol. The van der Waals surface area contributed by atoms with Gasteiger partial charge in [0.25, 0.3) is 0 Å². The minimum atomic E-state index is 0.615. The summed E-state index contributed by atoms with van der Waals surface area (Å²) in [4.78, 5) is 4.11. The highest BCUT2D eigenvalue weighted by atomic mass is 32.1. The number of rotatable bonds is 0. The van der Waals surface area contributed by atoms with Gasteiger partial charge in [0.15, 0.2) is 0 Å². The molecule has 0 fully saturated rings. The first-order chi connectivity index (χ1) is 4.36. The van der Waals surface area contributed by atoms with Crippen LogP contribution in [0.5, 0.6) is 0 Å². The average Bonchev–Trinajstić information content (AvgIpc) is 2.22. The van der Waals surface area contributed by atoms with Crippen molar-refractivity contribution in [2.45, 2.75) is 19.4 Å². The van der Waals surface area contributed by atoms with Gasteiger partial charge < -0.3 is 0 Å². The molecule has 1 aromatic rings. The fraction of sp³-hybridized carbons (Fsp3) is 0.600. The highest BCUT2D eigenvalue weighted by Crippen LogP contribution is 2.08. The third-order valence-electron chi connectivity index (χ3n) is 1.55. The van der Waals surface area contributed by atoms with Crippen molar-refractivity contribution in [1.29, 1.82) is 0 Å². The van der Waals surface area contributed by atoms with Crippen molar-refractivity contribution in [1.82, 2.24) is 14.8 Å². The number of H-pyrrole nitrogens is 1. The number of aromatic nitrogens is 3. The van der Waals surface area contributed by atoms with E-state index in [1.54, 1.807) is 0 Å². The van der Waals surface area contributed by atoms with E-state index in [1.807, 2.05) is 4.68 Å². The Morgan fingerprint density at radius 2 is 2.56 bits per heavy atom. The van der Waals surface area contributed by atoms with Gasteiger partial charge in [-0.05, 0) is 18.6 Å². The molecule has 0 saturated carbocycles. The van der Waals surface area contributed by atoms with Crippen molar-refractivity contribution >= 4 is 12.2 Å². The molecule has 0 radical (unpaired) electrons. The van der Waals surface area contributed by atoms with E-state index in [0.717, 1.165) is 18.8 Å². The highest BCUT2D eigenvalue weighted by molar-refractivity contribution is 7.71. The average molecular weight is 141 g/mol. The lowest BCUT2D eigenvalue weighted by Crippen LogP contribution is -1.93. The van der Waals surface area contributed by atoms with Crippen LogP contribution in [-0.4, -0.2) is 14.8 Å². The van der Waals surface area contributed by atoms with Crippen molar-refractivity contribution in [3.8, 4) is 0 Å². The summed E-state index contributed by atoms with van der Waals surface area (Å²) in [6.07, 6.45) is 2.28. The lowest BCUT2D eigenvalue weighted by molar-refractivity contribution is 0.654. The zero-order valence-electron chi connectivity index (χ0n) is 4.92. The molecule has 0 atom stereocenters. The van der Waals surface area contributed by atoms with E-state index in [4.69, 9.17) is 12.2 Å². The molecule has 0 saturated heterocycles. The van der Waals surface area contributed by atoms with E-state index >= 15 is 0 Å². The Kier molecular flexibility index (Phi) is 0.958. The molecule has 1 N–H and O–H groups in total. The van der Waals surface area contributed by atoms with Gasteiger partial charge in [-0.25, -0.2) is 4.98 Å². The number of aryl methyl sites for hydroxylation is 2. The third-order valence-corrected chi connectivity index (χ3v) is 1.74. The van der Waals surface area contributed by atoms with Gasteiger partial charge in [-0.1, -0.05) is 0 Å². The lowest BCUT2D eigenvalue weighted by atomic mass is 10.4. The maximum atomic E-state index is 4.83. The summed E-state index contributed by atoms with van der Waals surface area (Å²) in [5.41, 5.74) is 0. The normalized spacial score (nSPS) is 16.0. The molecular formula is C5H7N3S. The molecule has 4 heteroatoms. The fourth-order valence-corrected chi connectivity index (χ4v) is 1.37. The van der Waals surface area contributed by atoms with Gasteiger partial charge >= 0.3 is 0 Å². The van der Waals surface area contributed by atoms with Gasteiger partial charge in [-0.2, -0.15) is 0 Å². The Balaban J connectivity index is 2.64. The molecule has 0 bridgehead atoms. The standard InChI is InChI=1S/C5H7N3S/c9-5-6-4-2-1-3-8(4)7-5/h1-3H2,(H,7,9). The quantitative estimate of drug-likeness (QED) is 0.544. The van der Waals surface area contributed by atoms with E-state index in [-0.39, 0.29) is 0 Å². The number of aromatic amines is 1. The predicted molar refractivity (Wildman–Crippen MR) is 35.7 cm³/mol. The molecule has 0 amide bonds. The van der Waals surface area contributed by atoms with E-state index < -0.39 is 0 Å². The zero-order valence-corrected chi connectivity index (χ0v) is 5.74. The minimum absolute atomic E-state index is 0.615. The number of hydrogen-bond acceptors (Lipinski definition) is 2. The number of fused-ring (bicyclic) bond motifs is 1. The van der Waals surface area contributed by atoms with Crippen molar-refractivity contribution in [3.63, 3.8) is 0 Å². The first-order valence-electron chi connectivity index (χ1n) is 3.02. The van der Waals surface area contributed by atoms with Crippen LogP contribution in [-0.2, 0) is 13.0 Å². The van der Waals surface area contributed by atoms with Crippen molar-refractivity contribution in [2.75, 3.05) is 0 Å². The summed E-state index contributed by atoms with van der Waals surface area (Å²) in [6, 6.07) is 0. The van der Waals surface area contributed by atoms with E-state index in [2.05, 4.69) is 10.1 Å². The van der Waals surface area contributed by atoms with Gasteiger partial charge in [0.1, 0.15) is 5.82 Å². The largest absolute Gasteiger partial charge is 0.272 e. The molecule has 1 aliphatic rings. The summed E-state index contributed by atoms with van der Waals surface area (Å²) in [5, 5.41) is 2.98. The second-order valence-electron chi connectivity index (χ2n) is 2.20. The molecule has 1 aromatic heterocycles. The number of nitrogens with one attached hydrogen (secondary N) is 1. The van der Waals surface area contributed by atoms with Gasteiger partial charge in [0.05, 0.1) is 0 Å². The maximum Gasteiger partial charge on any atom is 0.213 e. The van der Waals surface area contributed by atoms with Crippen LogP contribution in [0.25, 0.3) is 0 Å². The Bertz CT molecular complexity index is 247. The van der Waals surface area contributed by atoms with Crippen LogP contribution in [0.2, 0.25) is 0 Å². The predicted octanol–water partition coefficient (Wildman–Crippen LogP) is 0.887. The first kappa shape index (κ1) is 5.17. The van der Waals surface area contributed by atoms with Gasteiger partial charge in [-0.3, -0.25) is 9.78 Å². The Labute approximate surface area is 57.7 Å². The smallest absolute Gasteiger partial charge is 0.213 e. The first-order valence-corrected chi connectivity index (χ1v) is 3.43. The highest BCUT2D eigenvalue weighted by Gasteiger charge is 2.10. The molecule has 0 spiro atoms. The fourth-order valence-electron chi connectivity index (χ4n) is 1.15. The van der Waals surface area contributed by atoms with Gasteiger partial charge in [0.2, 0.25) is 4.77 Å². The van der Waals surface area contributed by atoms with Gasteiger partial charge in [-0.15, -0.1) is 0 Å². The molecule has 0 aromatic carbocycles. The zero-order chi connectivity index (χ0) is 6.27. The van der Waals surface area contributed by atoms with Crippen LogP contribution in [0.3, 0.4) is 0 Å². The molecule has 48 valence electrons. The molecule has 3 nitrogen and oxygen atoms in total. The van der Waals surface area contributed by atoms with Gasteiger partial charge in [0, 0.05) is 13.0 Å². The van der Waals surface area contributed by atoms with E-state index in [9.17, 15) is 0 Å². The van der Waals surface area contributed by atoms with Crippen LogP contribution in [0, 0.1) is 4.77 Å². The summed E-state index contributed by atoms with van der Waals surface area (Å²) < 4.78 is 2.63. The minimum Gasteiger partial charge on any atom is -0.272 e. The topological polar surface area (TPSA) is 33.6 Å². The Hall–Kier alpha value is -0.640. The Morgan fingerprint density at radius 3 is 3.33 bits per heavy atom. The van der Waals surface area contributed by atoms with Crippen LogP contribution < -0.4 is 0 Å². The summed E-state index contributed by atoms with van der Waals surface area (Å²) in [6.45, 7) is 1.05. The molecular weight excluding hydrogens is 134 g/mol. The van der Waals surface area contributed by atoms with Crippen LogP contribution in [0.4, 0.5) is 0 Å². The summed E-state index contributed by atoms with van der Waals surface area (Å²) in [5.74, 6) is 1.11. The van der Waals surface area contributed by atoms with Crippen molar-refractivity contribution < 1.29 is 0 Å². The second kappa shape index (κ2) is 1.67. The van der Waals surface area contributed by atoms with E-state index in [0.29, 0.717) is 4.77 Å². The summed E-state index contributed by atoms with van der Waals surface area (Å²) >= 11 is 4.83. The maximum absolute atomic E-state index is 4.83. The van der Waals surface area contributed by atoms with E-state index in [1.165, 1.54) is 6.42 Å². The molecule has 0 aliphatic carbocycles. The van der Waals surface area contributed by atoms with Crippen molar-refractivity contribution in [2.24, 2.45) is 0 Å². The number of nitrogens with zero attached hydrogens (tertiary/aromatic N) is 2. The molecule has 2 rings (SSSR count). The molecule has 9 heavy (non-hydrogen) atoms. The molecule has 2 heterocycles. The van der Waals surface area contributed by atoms with Crippen LogP contribution >= 0.6 is 12.2 Å². The molecule has 1 aliphatic heterocycles.